The van der Waals surface area contributed by atoms with Crippen LogP contribution < -0.4 is 10.6 Å². The Balaban J connectivity index is 0.00000162. The van der Waals surface area contributed by atoms with E-state index in [1.165, 1.54) is 12.8 Å². The molecule has 102 valence electrons. The third kappa shape index (κ3) is 5.38. The Bertz CT molecular complexity index is 337. The number of rotatable bonds is 5. The van der Waals surface area contributed by atoms with Crippen molar-refractivity contribution in [1.82, 2.24) is 10.6 Å². The molecule has 5 heteroatoms. The lowest BCUT2D eigenvalue weighted by Gasteiger charge is -2.22. The van der Waals surface area contributed by atoms with Gasteiger partial charge in [0.2, 0.25) is 5.91 Å². The molecular formula is C13H21ClN2OS. The topological polar surface area (TPSA) is 41.1 Å². The highest BCUT2D eigenvalue weighted by Crippen LogP contribution is 2.13. The molecule has 1 atom stereocenters. The molecule has 1 aliphatic rings. The number of carbonyl (C=O) groups is 1. The second-order valence-electron chi connectivity index (χ2n) is 4.61. The molecule has 1 aromatic rings. The second-order valence-corrected chi connectivity index (χ2v) is 5.64. The first-order valence-electron chi connectivity index (χ1n) is 6.34. The molecule has 2 N–H and O–H groups in total. The summed E-state index contributed by atoms with van der Waals surface area (Å²) >= 11 is 1.64. The minimum absolute atomic E-state index is 0. The molecule has 1 fully saturated rings. The average Bonchev–Trinajstić information content (AvgIpc) is 2.83. The van der Waals surface area contributed by atoms with Crippen LogP contribution in [0, 0.1) is 5.92 Å². The van der Waals surface area contributed by atoms with Gasteiger partial charge in [-0.1, -0.05) is 6.07 Å². The molecule has 18 heavy (non-hydrogen) atoms. The van der Waals surface area contributed by atoms with E-state index in [0.717, 1.165) is 36.9 Å². The molecule has 1 saturated heterocycles. The lowest BCUT2D eigenvalue weighted by molar-refractivity contribution is -0.120. The van der Waals surface area contributed by atoms with Crippen molar-refractivity contribution >= 4 is 29.7 Å². The Morgan fingerprint density at radius 3 is 3.11 bits per heavy atom. The van der Waals surface area contributed by atoms with E-state index in [0.29, 0.717) is 6.42 Å². The molecule has 1 amide bonds. The minimum atomic E-state index is 0. The number of thiophene rings is 1. The lowest BCUT2D eigenvalue weighted by atomic mass is 9.96. The molecule has 0 aromatic carbocycles. The first-order chi connectivity index (χ1) is 8.34. The summed E-state index contributed by atoms with van der Waals surface area (Å²) in [4.78, 5) is 12.8. The largest absolute Gasteiger partial charge is 0.356 e. The van der Waals surface area contributed by atoms with E-state index in [1.807, 2.05) is 17.5 Å². The maximum Gasteiger partial charge on any atom is 0.225 e. The minimum Gasteiger partial charge on any atom is -0.356 e. The molecule has 0 aliphatic carbocycles. The molecule has 3 nitrogen and oxygen atoms in total. The molecule has 2 heterocycles. The molecule has 0 saturated carbocycles. The third-order valence-corrected chi connectivity index (χ3v) is 4.06. The van der Waals surface area contributed by atoms with E-state index in [-0.39, 0.29) is 18.3 Å². The van der Waals surface area contributed by atoms with E-state index in [2.05, 4.69) is 10.6 Å². The van der Waals surface area contributed by atoms with Crippen molar-refractivity contribution in [2.75, 3.05) is 19.6 Å². The highest BCUT2D eigenvalue weighted by Gasteiger charge is 2.12. The maximum absolute atomic E-state index is 11.6. The predicted molar refractivity (Wildman–Crippen MR) is 78.5 cm³/mol. The first kappa shape index (κ1) is 15.5. The van der Waals surface area contributed by atoms with Crippen LogP contribution in [0.15, 0.2) is 17.5 Å². The summed E-state index contributed by atoms with van der Waals surface area (Å²) in [6.45, 7) is 3.08. The number of piperidine rings is 1. The molecule has 1 aliphatic heterocycles. The summed E-state index contributed by atoms with van der Waals surface area (Å²) in [6, 6.07) is 4.00. The highest BCUT2D eigenvalue weighted by molar-refractivity contribution is 7.10. The van der Waals surface area contributed by atoms with Crippen molar-refractivity contribution < 1.29 is 4.79 Å². The standard InChI is InChI=1S/C13H20N2OS.ClH/c16-13(9-12-4-2-8-17-12)15-7-5-11-3-1-6-14-10-11;/h2,4,8,11,14H,1,3,5-7,9-10H2,(H,15,16);1H. The van der Waals surface area contributed by atoms with Gasteiger partial charge >= 0.3 is 0 Å². The maximum atomic E-state index is 11.6. The van der Waals surface area contributed by atoms with Gasteiger partial charge in [-0.25, -0.2) is 0 Å². The van der Waals surface area contributed by atoms with E-state index in [4.69, 9.17) is 0 Å². The fourth-order valence-electron chi connectivity index (χ4n) is 2.22. The third-order valence-electron chi connectivity index (χ3n) is 3.19. The summed E-state index contributed by atoms with van der Waals surface area (Å²) in [6.07, 6.45) is 4.20. The Morgan fingerprint density at radius 1 is 1.56 bits per heavy atom. The smallest absolute Gasteiger partial charge is 0.225 e. The zero-order chi connectivity index (χ0) is 11.9. The number of halogens is 1. The molecule has 0 spiro atoms. The highest BCUT2D eigenvalue weighted by atomic mass is 35.5. The molecule has 1 aromatic heterocycles. The van der Waals surface area contributed by atoms with E-state index < -0.39 is 0 Å². The van der Waals surface area contributed by atoms with E-state index >= 15 is 0 Å². The SMILES string of the molecule is Cl.O=C(Cc1cccs1)NCCC1CCCNC1. The van der Waals surface area contributed by atoms with Gasteiger partial charge in [-0.3, -0.25) is 4.79 Å². The summed E-state index contributed by atoms with van der Waals surface area (Å²) < 4.78 is 0. The Kier molecular flexibility index (Phi) is 7.32. The van der Waals surface area contributed by atoms with Crippen LogP contribution in [-0.2, 0) is 11.2 Å². The Morgan fingerprint density at radius 2 is 2.44 bits per heavy atom. The molecule has 0 radical (unpaired) electrons. The van der Waals surface area contributed by atoms with Crippen LogP contribution in [-0.4, -0.2) is 25.5 Å². The molecule has 2 rings (SSSR count). The van der Waals surface area contributed by atoms with Crippen LogP contribution in [0.5, 0.6) is 0 Å². The van der Waals surface area contributed by atoms with Crippen LogP contribution in [0.4, 0.5) is 0 Å². The number of carbonyl (C=O) groups excluding carboxylic acids is 1. The number of amides is 1. The fourth-order valence-corrected chi connectivity index (χ4v) is 2.92. The summed E-state index contributed by atoms with van der Waals surface area (Å²) in [7, 11) is 0. The summed E-state index contributed by atoms with van der Waals surface area (Å²) in [5.74, 6) is 0.891. The van der Waals surface area contributed by atoms with Gasteiger partial charge in [0.05, 0.1) is 6.42 Å². The quantitative estimate of drug-likeness (QED) is 0.872. The average molecular weight is 289 g/mol. The van der Waals surface area contributed by atoms with Crippen molar-refractivity contribution in [2.24, 2.45) is 5.92 Å². The zero-order valence-corrected chi connectivity index (χ0v) is 12.1. The van der Waals surface area contributed by atoms with Crippen molar-refractivity contribution in [2.45, 2.75) is 25.7 Å². The predicted octanol–water partition coefficient (Wildman–Crippen LogP) is 2.22. The van der Waals surface area contributed by atoms with Gasteiger partial charge in [-0.2, -0.15) is 0 Å². The molecule has 1 unspecified atom stereocenters. The Hall–Kier alpha value is -0.580. The van der Waals surface area contributed by atoms with Gasteiger partial charge in [0.1, 0.15) is 0 Å². The summed E-state index contributed by atoms with van der Waals surface area (Å²) in [5, 5.41) is 8.42. The van der Waals surface area contributed by atoms with E-state index in [1.54, 1.807) is 11.3 Å². The number of nitrogens with one attached hydrogen (secondary N) is 2. The van der Waals surface area contributed by atoms with Crippen molar-refractivity contribution in [1.29, 1.82) is 0 Å². The van der Waals surface area contributed by atoms with Gasteiger partial charge in [-0.15, -0.1) is 23.7 Å². The normalized spacial score (nSPS) is 19.0. The number of hydrogen-bond acceptors (Lipinski definition) is 3. The van der Waals surface area contributed by atoms with Crippen LogP contribution >= 0.6 is 23.7 Å². The lowest BCUT2D eigenvalue weighted by Crippen LogP contribution is -2.33. The van der Waals surface area contributed by atoms with Crippen LogP contribution in [0.1, 0.15) is 24.1 Å². The van der Waals surface area contributed by atoms with Crippen LogP contribution in [0.2, 0.25) is 0 Å². The van der Waals surface area contributed by atoms with Crippen molar-refractivity contribution in [3.8, 4) is 0 Å². The second kappa shape index (κ2) is 8.51. The Labute approximate surface area is 119 Å². The van der Waals surface area contributed by atoms with Crippen molar-refractivity contribution in [3.05, 3.63) is 22.4 Å². The monoisotopic (exact) mass is 288 g/mol. The van der Waals surface area contributed by atoms with Gasteiger partial charge in [0.15, 0.2) is 0 Å². The van der Waals surface area contributed by atoms with Crippen LogP contribution in [0.3, 0.4) is 0 Å². The zero-order valence-electron chi connectivity index (χ0n) is 10.5. The molecular weight excluding hydrogens is 268 g/mol. The van der Waals surface area contributed by atoms with E-state index in [9.17, 15) is 4.79 Å². The molecule has 0 bridgehead atoms. The first-order valence-corrected chi connectivity index (χ1v) is 7.22. The van der Waals surface area contributed by atoms with Gasteiger partial charge in [-0.05, 0) is 49.7 Å². The number of hydrogen-bond donors (Lipinski definition) is 2. The van der Waals surface area contributed by atoms with Crippen molar-refractivity contribution in [3.63, 3.8) is 0 Å². The fraction of sp³-hybridized carbons (Fsp3) is 0.615. The van der Waals surface area contributed by atoms with Gasteiger partial charge < -0.3 is 10.6 Å². The van der Waals surface area contributed by atoms with Gasteiger partial charge in [0, 0.05) is 11.4 Å². The van der Waals surface area contributed by atoms with Gasteiger partial charge in [0.25, 0.3) is 0 Å². The van der Waals surface area contributed by atoms with Crippen LogP contribution in [0.25, 0.3) is 0 Å². The summed E-state index contributed by atoms with van der Waals surface area (Å²) in [5.41, 5.74) is 0.